The zero-order valence-corrected chi connectivity index (χ0v) is 13.7. The first-order chi connectivity index (χ1) is 11.3. The molecule has 1 fully saturated rings. The van der Waals surface area contributed by atoms with E-state index in [-0.39, 0.29) is 12.7 Å². The molecule has 2 unspecified atom stereocenters. The maximum absolute atomic E-state index is 11.6. The minimum atomic E-state index is -0.358. The average molecular weight is 324 g/mol. The van der Waals surface area contributed by atoms with Crippen LogP contribution in [-0.2, 0) is 14.2 Å². The Balaban J connectivity index is 1.44. The fourth-order valence-corrected chi connectivity index (χ4v) is 3.19. The van der Waals surface area contributed by atoms with Gasteiger partial charge in [-0.2, -0.15) is 0 Å². The quantitative estimate of drug-likeness (QED) is 0.465. The molecule has 2 atom stereocenters. The van der Waals surface area contributed by atoms with Crippen LogP contribution in [0.5, 0.6) is 0 Å². The van der Waals surface area contributed by atoms with Gasteiger partial charge < -0.3 is 25.3 Å². The number of carbonyl (C=O) groups is 1. The summed E-state index contributed by atoms with van der Waals surface area (Å²) in [6, 6.07) is 0. The summed E-state index contributed by atoms with van der Waals surface area (Å²) in [6.45, 7) is 3.40. The monoisotopic (exact) mass is 324 g/mol. The predicted molar refractivity (Wildman–Crippen MR) is 86.8 cm³/mol. The molecule has 6 heteroatoms. The predicted octanol–water partition coefficient (Wildman–Crippen LogP) is 1.14. The van der Waals surface area contributed by atoms with E-state index >= 15 is 0 Å². The van der Waals surface area contributed by atoms with Gasteiger partial charge >= 0.3 is 6.09 Å². The van der Waals surface area contributed by atoms with Crippen molar-refractivity contribution >= 4 is 6.09 Å². The molecule has 2 aliphatic rings. The Morgan fingerprint density at radius 2 is 1.61 bits per heavy atom. The molecule has 0 heterocycles. The topological polar surface area (TPSA) is 82.8 Å². The molecule has 130 valence electrons. The second-order valence-electron chi connectivity index (χ2n) is 5.95. The Bertz CT molecular complexity index is 401. The highest BCUT2D eigenvalue weighted by molar-refractivity contribution is 5.67. The lowest BCUT2D eigenvalue weighted by Gasteiger charge is -2.08. The van der Waals surface area contributed by atoms with Gasteiger partial charge in [0.05, 0.1) is 26.4 Å². The third kappa shape index (κ3) is 6.78. The van der Waals surface area contributed by atoms with Crippen molar-refractivity contribution in [2.45, 2.75) is 25.7 Å². The molecule has 0 radical (unpaired) electrons. The van der Waals surface area contributed by atoms with Gasteiger partial charge in [0.15, 0.2) is 0 Å². The summed E-state index contributed by atoms with van der Waals surface area (Å²) in [4.78, 5) is 11.6. The highest BCUT2D eigenvalue weighted by Gasteiger charge is 2.48. The van der Waals surface area contributed by atoms with Crippen LogP contribution in [0.4, 0.5) is 4.79 Å². The Kier molecular flexibility index (Phi) is 8.23. The number of nitrogens with one attached hydrogen (secondary N) is 1. The van der Waals surface area contributed by atoms with E-state index < -0.39 is 0 Å². The van der Waals surface area contributed by atoms with Gasteiger partial charge in [0.25, 0.3) is 0 Å². The van der Waals surface area contributed by atoms with Gasteiger partial charge in [-0.05, 0) is 30.6 Å². The van der Waals surface area contributed by atoms with E-state index in [0.717, 1.165) is 24.7 Å². The molecule has 6 nitrogen and oxygen atoms in total. The van der Waals surface area contributed by atoms with Gasteiger partial charge in [-0.3, -0.25) is 0 Å². The van der Waals surface area contributed by atoms with Crippen molar-refractivity contribution in [3.05, 3.63) is 0 Å². The number of hydrogen-bond acceptors (Lipinski definition) is 5. The zero-order valence-electron chi connectivity index (χ0n) is 13.7. The molecule has 1 saturated carbocycles. The number of rotatable bonds is 10. The first kappa shape index (κ1) is 18.1. The van der Waals surface area contributed by atoms with Gasteiger partial charge in [0.2, 0.25) is 0 Å². The normalized spacial score (nSPS) is 25.3. The van der Waals surface area contributed by atoms with Crippen LogP contribution in [0.1, 0.15) is 25.7 Å². The van der Waals surface area contributed by atoms with Crippen LogP contribution in [0.2, 0.25) is 0 Å². The van der Waals surface area contributed by atoms with Crippen LogP contribution >= 0.6 is 0 Å². The number of alkyl carbamates (subject to hydrolysis) is 1. The van der Waals surface area contributed by atoms with Crippen molar-refractivity contribution in [1.29, 1.82) is 0 Å². The first-order valence-corrected chi connectivity index (χ1v) is 8.55. The number of hydrogen-bond donors (Lipinski definition) is 2. The van der Waals surface area contributed by atoms with Crippen molar-refractivity contribution in [1.82, 2.24) is 5.32 Å². The van der Waals surface area contributed by atoms with Crippen LogP contribution in [0.3, 0.4) is 0 Å². The first-order valence-electron chi connectivity index (χ1n) is 8.55. The highest BCUT2D eigenvalue weighted by Crippen LogP contribution is 2.51. The molecule has 3 N–H and O–H groups in total. The largest absolute Gasteiger partial charge is 0.447 e. The lowest BCUT2D eigenvalue weighted by molar-refractivity contribution is 0.0300. The fraction of sp³-hybridized carbons (Fsp3) is 0.824. The average Bonchev–Trinajstić information content (AvgIpc) is 3.17. The molecular weight excluding hydrogens is 296 g/mol. The van der Waals surface area contributed by atoms with E-state index in [2.05, 4.69) is 17.2 Å². The molecule has 0 spiro atoms. The molecule has 0 bridgehead atoms. The Hall–Kier alpha value is -1.29. The second-order valence-corrected chi connectivity index (χ2v) is 5.95. The summed E-state index contributed by atoms with van der Waals surface area (Å²) >= 11 is 0. The molecule has 0 aliphatic heterocycles. The molecular formula is C17H28N2O4. The van der Waals surface area contributed by atoms with Crippen LogP contribution < -0.4 is 11.1 Å². The molecule has 1 amide bonds. The van der Waals surface area contributed by atoms with Gasteiger partial charge in [-0.1, -0.05) is 0 Å². The van der Waals surface area contributed by atoms with Gasteiger partial charge in [-0.15, -0.1) is 11.8 Å². The third-order valence-electron chi connectivity index (χ3n) is 4.42. The SMILES string of the molecule is NCCOCCOCCOC(=O)NCC1C2CCC#CCCC21. The number of nitrogens with two attached hydrogens (primary N) is 1. The van der Waals surface area contributed by atoms with Crippen molar-refractivity contribution in [2.75, 3.05) is 46.1 Å². The van der Waals surface area contributed by atoms with E-state index in [1.807, 2.05) is 0 Å². The highest BCUT2D eigenvalue weighted by atomic mass is 16.6. The number of ether oxygens (including phenoxy) is 3. The van der Waals surface area contributed by atoms with Gasteiger partial charge in [0, 0.05) is 25.9 Å². The summed E-state index contributed by atoms with van der Waals surface area (Å²) in [5.41, 5.74) is 5.30. The Morgan fingerprint density at radius 1 is 1.00 bits per heavy atom. The van der Waals surface area contributed by atoms with Crippen molar-refractivity contribution in [3.8, 4) is 11.8 Å². The number of amides is 1. The second kappa shape index (κ2) is 10.5. The van der Waals surface area contributed by atoms with Crippen LogP contribution in [0, 0.1) is 29.6 Å². The summed E-state index contributed by atoms with van der Waals surface area (Å²) < 4.78 is 15.5. The molecule has 0 aromatic rings. The third-order valence-corrected chi connectivity index (χ3v) is 4.42. The molecule has 2 rings (SSSR count). The fourth-order valence-electron chi connectivity index (χ4n) is 3.19. The zero-order chi connectivity index (χ0) is 16.3. The van der Waals surface area contributed by atoms with Gasteiger partial charge in [0.1, 0.15) is 6.61 Å². The minimum Gasteiger partial charge on any atom is -0.447 e. The lowest BCUT2D eigenvalue weighted by Crippen LogP contribution is -2.28. The maximum atomic E-state index is 11.6. The summed E-state index contributed by atoms with van der Waals surface area (Å²) in [7, 11) is 0. The van der Waals surface area contributed by atoms with Gasteiger partial charge in [-0.25, -0.2) is 4.79 Å². The Morgan fingerprint density at radius 3 is 2.26 bits per heavy atom. The standard InChI is InChI=1S/C17H28N2O4/c18-7-8-21-9-10-22-11-12-23-17(20)19-13-16-14-5-3-1-2-4-6-15(14)16/h14-16H,3-13,18H2,(H,19,20). The molecule has 0 aromatic heterocycles. The van der Waals surface area contributed by atoms with Crippen LogP contribution in [0.25, 0.3) is 0 Å². The molecule has 0 aromatic carbocycles. The van der Waals surface area contributed by atoms with E-state index in [0.29, 0.717) is 45.4 Å². The van der Waals surface area contributed by atoms with E-state index in [4.69, 9.17) is 19.9 Å². The molecule has 0 saturated heterocycles. The van der Waals surface area contributed by atoms with E-state index in [9.17, 15) is 4.79 Å². The Labute approximate surface area is 138 Å². The summed E-state index contributed by atoms with van der Waals surface area (Å²) in [6.07, 6.45) is 3.96. The minimum absolute atomic E-state index is 0.258. The summed E-state index contributed by atoms with van der Waals surface area (Å²) in [5.74, 6) is 8.46. The van der Waals surface area contributed by atoms with Crippen molar-refractivity contribution in [2.24, 2.45) is 23.5 Å². The van der Waals surface area contributed by atoms with Crippen molar-refractivity contribution < 1.29 is 19.0 Å². The van der Waals surface area contributed by atoms with Crippen LogP contribution in [0.15, 0.2) is 0 Å². The van der Waals surface area contributed by atoms with Crippen LogP contribution in [-0.4, -0.2) is 52.2 Å². The van der Waals surface area contributed by atoms with Crippen molar-refractivity contribution in [3.63, 3.8) is 0 Å². The number of fused-ring (bicyclic) bond motifs is 1. The van der Waals surface area contributed by atoms with E-state index in [1.165, 1.54) is 12.8 Å². The summed E-state index contributed by atoms with van der Waals surface area (Å²) in [5, 5.41) is 2.86. The molecule has 23 heavy (non-hydrogen) atoms. The smallest absolute Gasteiger partial charge is 0.407 e. The number of carbonyl (C=O) groups excluding carboxylic acids is 1. The maximum Gasteiger partial charge on any atom is 0.407 e. The lowest BCUT2D eigenvalue weighted by atomic mass is 10.1. The molecule has 2 aliphatic carbocycles. The van der Waals surface area contributed by atoms with E-state index in [1.54, 1.807) is 0 Å².